The lowest BCUT2D eigenvalue weighted by Gasteiger charge is -2.28. The second-order valence-corrected chi connectivity index (χ2v) is 6.25. The molecule has 0 spiro atoms. The Morgan fingerprint density at radius 2 is 2.00 bits per heavy atom. The van der Waals surface area contributed by atoms with E-state index < -0.39 is 0 Å². The van der Waals surface area contributed by atoms with Crippen LogP contribution in [0.4, 0.5) is 0 Å². The fourth-order valence-corrected chi connectivity index (χ4v) is 2.94. The zero-order valence-electron chi connectivity index (χ0n) is 11.0. The van der Waals surface area contributed by atoms with Crippen LogP contribution in [0.3, 0.4) is 0 Å². The molecule has 5 heteroatoms. The summed E-state index contributed by atoms with van der Waals surface area (Å²) >= 11 is 0. The van der Waals surface area contributed by atoms with Gasteiger partial charge < -0.3 is 0 Å². The quantitative estimate of drug-likeness (QED) is 0.768. The topological polar surface area (TPSA) is 46.8 Å². The molecule has 3 aliphatic carbocycles. The summed E-state index contributed by atoms with van der Waals surface area (Å²) in [5.74, 6) is 2.01. The molecule has 1 heterocycles. The average Bonchev–Trinajstić information content (AvgIpc) is 3.25. The van der Waals surface area contributed by atoms with Crippen LogP contribution in [0.2, 0.25) is 0 Å². The molecule has 3 aliphatic rings. The third-order valence-corrected chi connectivity index (χ3v) is 4.62. The van der Waals surface area contributed by atoms with Gasteiger partial charge in [-0.25, -0.2) is 4.68 Å². The molecule has 3 saturated carbocycles. The van der Waals surface area contributed by atoms with Gasteiger partial charge in [-0.05, 0) is 61.8 Å². The predicted octanol–water partition coefficient (Wildman–Crippen LogP) is 1.77. The van der Waals surface area contributed by atoms with Gasteiger partial charge in [-0.1, -0.05) is 0 Å². The van der Waals surface area contributed by atoms with Crippen LogP contribution in [0.1, 0.15) is 57.3 Å². The van der Waals surface area contributed by atoms with Crippen molar-refractivity contribution >= 4 is 0 Å². The molecule has 0 saturated heterocycles. The van der Waals surface area contributed by atoms with Gasteiger partial charge in [0.05, 0.1) is 12.6 Å². The Bertz CT molecular complexity index is 430. The first-order valence-electron chi connectivity index (χ1n) is 7.35. The molecule has 1 aromatic heterocycles. The summed E-state index contributed by atoms with van der Waals surface area (Å²) in [5.41, 5.74) is 0. The van der Waals surface area contributed by atoms with Crippen molar-refractivity contribution in [1.82, 2.24) is 25.1 Å². The zero-order chi connectivity index (χ0) is 12.1. The van der Waals surface area contributed by atoms with Crippen LogP contribution in [0.5, 0.6) is 0 Å². The van der Waals surface area contributed by atoms with Gasteiger partial charge in [0.15, 0.2) is 5.82 Å². The minimum atomic E-state index is 0.590. The highest BCUT2D eigenvalue weighted by atomic mass is 15.6. The van der Waals surface area contributed by atoms with E-state index in [-0.39, 0.29) is 0 Å². The summed E-state index contributed by atoms with van der Waals surface area (Å²) in [7, 11) is 0. The maximum Gasteiger partial charge on any atom is 0.165 e. The molecule has 1 aromatic rings. The van der Waals surface area contributed by atoms with Gasteiger partial charge in [0.25, 0.3) is 0 Å². The Balaban J connectivity index is 1.51. The molecule has 0 radical (unpaired) electrons. The Kier molecular flexibility index (Phi) is 2.43. The van der Waals surface area contributed by atoms with E-state index in [2.05, 4.69) is 32.0 Å². The van der Waals surface area contributed by atoms with Crippen molar-refractivity contribution < 1.29 is 0 Å². The van der Waals surface area contributed by atoms with Crippen molar-refractivity contribution in [1.29, 1.82) is 0 Å². The van der Waals surface area contributed by atoms with E-state index in [1.54, 1.807) is 0 Å². The Hall–Kier alpha value is -0.970. The number of hydrogen-bond donors (Lipinski definition) is 0. The molecule has 98 valence electrons. The minimum Gasteiger partial charge on any atom is -0.290 e. The van der Waals surface area contributed by atoms with Crippen LogP contribution >= 0.6 is 0 Å². The van der Waals surface area contributed by atoms with Crippen molar-refractivity contribution in [2.24, 2.45) is 5.92 Å². The fraction of sp³-hybridized carbons (Fsp3) is 0.923. The number of hydrogen-bond acceptors (Lipinski definition) is 4. The van der Waals surface area contributed by atoms with E-state index in [0.29, 0.717) is 12.1 Å². The molecule has 0 amide bonds. The number of aromatic nitrogens is 4. The van der Waals surface area contributed by atoms with Gasteiger partial charge in [-0.2, -0.15) is 0 Å². The lowest BCUT2D eigenvalue weighted by molar-refractivity contribution is 0.163. The van der Waals surface area contributed by atoms with Crippen LogP contribution in [0, 0.1) is 5.92 Å². The second-order valence-electron chi connectivity index (χ2n) is 6.25. The van der Waals surface area contributed by atoms with Gasteiger partial charge in [-0.3, -0.25) is 4.90 Å². The Morgan fingerprint density at radius 3 is 2.61 bits per heavy atom. The van der Waals surface area contributed by atoms with Crippen LogP contribution in [-0.2, 0) is 6.54 Å². The molecule has 0 bridgehead atoms. The van der Waals surface area contributed by atoms with Gasteiger partial charge in [-0.15, -0.1) is 5.10 Å². The highest BCUT2D eigenvalue weighted by molar-refractivity contribution is 4.98. The summed E-state index contributed by atoms with van der Waals surface area (Å²) in [6.45, 7) is 3.34. The molecule has 18 heavy (non-hydrogen) atoms. The smallest absolute Gasteiger partial charge is 0.165 e. The van der Waals surface area contributed by atoms with Gasteiger partial charge >= 0.3 is 0 Å². The lowest BCUT2D eigenvalue weighted by atomic mass is 10.1. The molecule has 0 aromatic carbocycles. The maximum absolute atomic E-state index is 4.25. The van der Waals surface area contributed by atoms with E-state index in [1.807, 2.05) is 0 Å². The molecule has 0 aliphatic heterocycles. The summed E-state index contributed by atoms with van der Waals surface area (Å²) in [5, 5.41) is 12.3. The van der Waals surface area contributed by atoms with Crippen molar-refractivity contribution in [2.45, 2.75) is 70.1 Å². The van der Waals surface area contributed by atoms with Crippen LogP contribution in [-0.4, -0.2) is 37.2 Å². The molecule has 1 atom stereocenters. The zero-order valence-corrected chi connectivity index (χ0v) is 11.0. The van der Waals surface area contributed by atoms with E-state index in [4.69, 9.17) is 0 Å². The fourth-order valence-electron chi connectivity index (χ4n) is 2.94. The summed E-state index contributed by atoms with van der Waals surface area (Å²) in [6, 6.07) is 2.10. The molecule has 3 fully saturated rings. The van der Waals surface area contributed by atoms with Crippen molar-refractivity contribution in [3.05, 3.63) is 5.82 Å². The van der Waals surface area contributed by atoms with Gasteiger partial charge in [0, 0.05) is 12.1 Å². The van der Waals surface area contributed by atoms with Crippen molar-refractivity contribution in [2.75, 3.05) is 0 Å². The third-order valence-electron chi connectivity index (χ3n) is 4.62. The van der Waals surface area contributed by atoms with E-state index in [0.717, 1.165) is 24.3 Å². The average molecular weight is 247 g/mol. The number of rotatable bonds is 6. The SMILES string of the molecule is C[C@@H](C1CC1)N(Cc1nnnn1C1CC1)C1CC1. The largest absolute Gasteiger partial charge is 0.290 e. The van der Waals surface area contributed by atoms with Gasteiger partial charge in [0.2, 0.25) is 0 Å². The summed E-state index contributed by atoms with van der Waals surface area (Å²) in [6.07, 6.45) is 8.05. The molecular weight excluding hydrogens is 226 g/mol. The minimum absolute atomic E-state index is 0.590. The first kappa shape index (κ1) is 10.9. The van der Waals surface area contributed by atoms with E-state index >= 15 is 0 Å². The summed E-state index contributed by atoms with van der Waals surface area (Å²) in [4.78, 5) is 2.66. The maximum atomic E-state index is 4.25. The predicted molar refractivity (Wildman–Crippen MR) is 66.8 cm³/mol. The number of tetrazole rings is 1. The Morgan fingerprint density at radius 1 is 1.22 bits per heavy atom. The summed E-state index contributed by atoms with van der Waals surface area (Å²) < 4.78 is 2.06. The first-order chi connectivity index (χ1) is 8.83. The monoisotopic (exact) mass is 247 g/mol. The van der Waals surface area contributed by atoms with E-state index in [1.165, 1.54) is 38.5 Å². The normalized spacial score (nSPS) is 25.7. The molecule has 0 N–H and O–H groups in total. The number of nitrogens with zero attached hydrogens (tertiary/aromatic N) is 5. The highest BCUT2D eigenvalue weighted by Gasteiger charge is 2.40. The van der Waals surface area contributed by atoms with Crippen molar-refractivity contribution in [3.63, 3.8) is 0 Å². The second kappa shape index (κ2) is 4.02. The molecular formula is C13H21N5. The molecule has 4 rings (SSSR count). The molecule has 5 nitrogen and oxygen atoms in total. The van der Waals surface area contributed by atoms with E-state index in [9.17, 15) is 0 Å². The third kappa shape index (κ3) is 2.05. The standard InChI is InChI=1S/C13H21N5/c1-9(10-2-3-10)17(11-4-5-11)8-13-14-15-16-18(13)12-6-7-12/h9-12H,2-8H2,1H3/t9-/m0/s1. The van der Waals surface area contributed by atoms with Crippen LogP contribution in [0.15, 0.2) is 0 Å². The molecule has 0 unspecified atom stereocenters. The van der Waals surface area contributed by atoms with Crippen molar-refractivity contribution in [3.8, 4) is 0 Å². The Labute approximate surface area is 108 Å². The van der Waals surface area contributed by atoms with Gasteiger partial charge in [0.1, 0.15) is 0 Å². The lowest BCUT2D eigenvalue weighted by Crippen LogP contribution is -2.37. The van der Waals surface area contributed by atoms with Crippen LogP contribution in [0.25, 0.3) is 0 Å². The highest BCUT2D eigenvalue weighted by Crippen LogP contribution is 2.41. The van der Waals surface area contributed by atoms with Crippen LogP contribution < -0.4 is 0 Å². The first-order valence-corrected chi connectivity index (χ1v) is 7.35.